The topological polar surface area (TPSA) is 29.3 Å². The smallest absolute Gasteiger partial charge is 0.0375 e. The fraction of sp³-hybridized carbons (Fsp3) is 0.647. The maximum absolute atomic E-state index is 5.64. The fourth-order valence-electron chi connectivity index (χ4n) is 4.19. The molecular weight excluding hydrogens is 312 g/mol. The van der Waals surface area contributed by atoms with E-state index in [0.717, 1.165) is 24.2 Å². The van der Waals surface area contributed by atoms with Crippen LogP contribution in [-0.2, 0) is 6.42 Å². The molecule has 2 N–H and O–H groups in total. The van der Waals surface area contributed by atoms with Crippen LogP contribution in [0.2, 0.25) is 0 Å². The first-order valence-corrected chi connectivity index (χ1v) is 8.66. The molecule has 3 rings (SSSR count). The van der Waals surface area contributed by atoms with Gasteiger partial charge in [0.05, 0.1) is 0 Å². The van der Waals surface area contributed by atoms with Gasteiger partial charge in [-0.2, -0.15) is 0 Å². The number of hydrogen-bond acceptors (Lipinski definition) is 2. The van der Waals surface area contributed by atoms with Crippen LogP contribution in [0, 0.1) is 17.8 Å². The maximum atomic E-state index is 5.64. The molecule has 1 aromatic rings. The van der Waals surface area contributed by atoms with Gasteiger partial charge in [0.2, 0.25) is 0 Å². The predicted octanol–water partition coefficient (Wildman–Crippen LogP) is 3.82. The third-order valence-electron chi connectivity index (χ3n) is 5.28. The quantitative estimate of drug-likeness (QED) is 0.885. The number of nitrogens with zero attached hydrogens (tertiary/aromatic N) is 1. The summed E-state index contributed by atoms with van der Waals surface area (Å²) in [5.41, 5.74) is 8.27. The van der Waals surface area contributed by atoms with Crippen LogP contribution in [0.5, 0.6) is 0 Å². The van der Waals surface area contributed by atoms with Gasteiger partial charge in [0.1, 0.15) is 0 Å². The number of nitrogens with two attached hydrogens (primary N) is 1. The minimum atomic E-state index is 0.707. The van der Waals surface area contributed by atoms with Crippen LogP contribution in [0.15, 0.2) is 22.7 Å². The van der Waals surface area contributed by atoms with E-state index in [1.165, 1.54) is 48.0 Å². The van der Waals surface area contributed by atoms with Crippen molar-refractivity contribution in [3.05, 3.63) is 28.2 Å². The van der Waals surface area contributed by atoms with E-state index in [1.54, 1.807) is 0 Å². The van der Waals surface area contributed by atoms with Gasteiger partial charge < -0.3 is 10.6 Å². The molecule has 0 aromatic heterocycles. The van der Waals surface area contributed by atoms with Crippen molar-refractivity contribution < 1.29 is 0 Å². The summed E-state index contributed by atoms with van der Waals surface area (Å²) >= 11 is 3.68. The molecule has 0 saturated heterocycles. The number of halogens is 1. The molecule has 0 amide bonds. The normalized spacial score (nSPS) is 28.1. The molecule has 3 heteroatoms. The molecule has 110 valence electrons. The average Bonchev–Trinajstić information content (AvgIpc) is 3.03. The van der Waals surface area contributed by atoms with Crippen LogP contribution in [0.3, 0.4) is 0 Å². The molecule has 20 heavy (non-hydrogen) atoms. The van der Waals surface area contributed by atoms with Gasteiger partial charge in [-0.25, -0.2) is 0 Å². The summed E-state index contributed by atoms with van der Waals surface area (Å²) in [4.78, 5) is 2.43. The number of hydrogen-bond donors (Lipinski definition) is 1. The molecule has 0 radical (unpaired) electrons. The first-order chi connectivity index (χ1) is 9.67. The van der Waals surface area contributed by atoms with Crippen molar-refractivity contribution in [2.45, 2.75) is 32.1 Å². The summed E-state index contributed by atoms with van der Waals surface area (Å²) in [5.74, 6) is 2.96. The molecule has 2 bridgehead atoms. The first-order valence-electron chi connectivity index (χ1n) is 7.87. The van der Waals surface area contributed by atoms with E-state index in [4.69, 9.17) is 5.73 Å². The molecule has 0 spiro atoms. The lowest BCUT2D eigenvalue weighted by atomic mass is 9.88. The molecule has 2 aliphatic rings. The lowest BCUT2D eigenvalue weighted by Gasteiger charge is -2.29. The van der Waals surface area contributed by atoms with Crippen molar-refractivity contribution in [3.8, 4) is 0 Å². The Morgan fingerprint density at radius 3 is 2.75 bits per heavy atom. The molecule has 3 unspecified atom stereocenters. The Balaban J connectivity index is 1.65. The zero-order chi connectivity index (χ0) is 14.1. The highest BCUT2D eigenvalue weighted by Gasteiger charge is 2.39. The monoisotopic (exact) mass is 336 g/mol. The summed E-state index contributed by atoms with van der Waals surface area (Å²) in [5, 5.41) is 0. The third-order valence-corrected chi connectivity index (χ3v) is 6.02. The Hall–Kier alpha value is -0.540. The Morgan fingerprint density at radius 2 is 2.15 bits per heavy atom. The second kappa shape index (κ2) is 6.07. The summed E-state index contributed by atoms with van der Waals surface area (Å²) < 4.78 is 1.19. The van der Waals surface area contributed by atoms with Crippen molar-refractivity contribution >= 4 is 21.6 Å². The van der Waals surface area contributed by atoms with Crippen molar-refractivity contribution in [1.29, 1.82) is 0 Å². The van der Waals surface area contributed by atoms with Crippen LogP contribution < -0.4 is 10.6 Å². The van der Waals surface area contributed by atoms with Crippen molar-refractivity contribution in [3.63, 3.8) is 0 Å². The lowest BCUT2D eigenvalue weighted by Crippen LogP contribution is -2.28. The fourth-order valence-corrected chi connectivity index (χ4v) is 4.75. The van der Waals surface area contributed by atoms with E-state index in [2.05, 4.69) is 46.1 Å². The predicted molar refractivity (Wildman–Crippen MR) is 89.1 cm³/mol. The van der Waals surface area contributed by atoms with E-state index in [1.807, 2.05) is 0 Å². The molecule has 0 heterocycles. The van der Waals surface area contributed by atoms with E-state index in [-0.39, 0.29) is 0 Å². The Kier molecular flexibility index (Phi) is 4.37. The summed E-state index contributed by atoms with van der Waals surface area (Å²) in [7, 11) is 2.23. The van der Waals surface area contributed by atoms with Crippen molar-refractivity contribution in [2.75, 3.05) is 25.0 Å². The van der Waals surface area contributed by atoms with Crippen LogP contribution in [0.4, 0.5) is 5.69 Å². The van der Waals surface area contributed by atoms with Crippen molar-refractivity contribution in [1.82, 2.24) is 0 Å². The van der Waals surface area contributed by atoms with Gasteiger partial charge in [-0.15, -0.1) is 0 Å². The van der Waals surface area contributed by atoms with Crippen LogP contribution in [0.1, 0.15) is 31.2 Å². The van der Waals surface area contributed by atoms with Gasteiger partial charge in [0, 0.05) is 23.8 Å². The molecule has 2 aliphatic carbocycles. The van der Waals surface area contributed by atoms with E-state index in [0.29, 0.717) is 6.54 Å². The molecule has 2 saturated carbocycles. The highest BCUT2D eigenvalue weighted by molar-refractivity contribution is 9.10. The van der Waals surface area contributed by atoms with Crippen LogP contribution in [-0.4, -0.2) is 20.1 Å². The number of benzene rings is 1. The standard InChI is InChI=1S/C17H25BrN2/c1-20(11-15-9-12-2-3-14(15)8-12)16-5-4-13(6-7-19)17(18)10-16/h4-5,10,12,14-15H,2-3,6-9,11,19H2,1H3. The zero-order valence-electron chi connectivity index (χ0n) is 12.3. The minimum Gasteiger partial charge on any atom is -0.374 e. The van der Waals surface area contributed by atoms with Crippen LogP contribution in [0.25, 0.3) is 0 Å². The highest BCUT2D eigenvalue weighted by atomic mass is 79.9. The lowest BCUT2D eigenvalue weighted by molar-refractivity contribution is 0.337. The molecule has 2 fully saturated rings. The molecule has 2 nitrogen and oxygen atoms in total. The maximum Gasteiger partial charge on any atom is 0.0375 e. The number of rotatable bonds is 5. The highest BCUT2D eigenvalue weighted by Crippen LogP contribution is 2.48. The minimum absolute atomic E-state index is 0.707. The van der Waals surface area contributed by atoms with E-state index >= 15 is 0 Å². The summed E-state index contributed by atoms with van der Waals surface area (Å²) in [6.45, 7) is 1.92. The molecule has 3 atom stereocenters. The molecular formula is C17H25BrN2. The Morgan fingerprint density at radius 1 is 1.30 bits per heavy atom. The summed E-state index contributed by atoms with van der Waals surface area (Å²) in [6.07, 6.45) is 6.86. The largest absolute Gasteiger partial charge is 0.374 e. The molecule has 0 aliphatic heterocycles. The third kappa shape index (κ3) is 2.89. The number of fused-ring (bicyclic) bond motifs is 2. The second-order valence-corrected chi connectivity index (χ2v) is 7.48. The van der Waals surface area contributed by atoms with Gasteiger partial charge in [-0.3, -0.25) is 0 Å². The zero-order valence-corrected chi connectivity index (χ0v) is 13.9. The Labute approximate surface area is 130 Å². The van der Waals surface area contributed by atoms with Crippen LogP contribution >= 0.6 is 15.9 Å². The van der Waals surface area contributed by atoms with Gasteiger partial charge in [0.15, 0.2) is 0 Å². The molecule has 1 aromatic carbocycles. The summed E-state index contributed by atoms with van der Waals surface area (Å²) in [6, 6.07) is 6.70. The van der Waals surface area contributed by atoms with Gasteiger partial charge in [-0.1, -0.05) is 28.4 Å². The van der Waals surface area contributed by atoms with E-state index in [9.17, 15) is 0 Å². The SMILES string of the molecule is CN(CC1CC2CCC1C2)c1ccc(CCN)c(Br)c1. The van der Waals surface area contributed by atoms with Gasteiger partial charge in [0.25, 0.3) is 0 Å². The van der Waals surface area contributed by atoms with Crippen molar-refractivity contribution in [2.24, 2.45) is 23.5 Å². The van der Waals surface area contributed by atoms with E-state index < -0.39 is 0 Å². The number of anilines is 1. The first kappa shape index (κ1) is 14.4. The van der Waals surface area contributed by atoms with Gasteiger partial charge >= 0.3 is 0 Å². The average molecular weight is 337 g/mol. The second-order valence-electron chi connectivity index (χ2n) is 6.63. The Bertz CT molecular complexity index is 474. The van der Waals surface area contributed by atoms with Gasteiger partial charge in [-0.05, 0) is 67.7 Å².